The summed E-state index contributed by atoms with van der Waals surface area (Å²) < 4.78 is 10.2. The second kappa shape index (κ2) is 6.22. The van der Waals surface area contributed by atoms with Crippen LogP contribution in [0.5, 0.6) is 0 Å². The molecule has 2 atom stereocenters. The van der Waals surface area contributed by atoms with Gasteiger partial charge in [0.25, 0.3) is 0 Å². The summed E-state index contributed by atoms with van der Waals surface area (Å²) >= 11 is 0. The molecule has 1 heterocycles. The van der Waals surface area contributed by atoms with Gasteiger partial charge in [-0.15, -0.1) is 12.4 Å². The Bertz CT molecular complexity index is 187. The van der Waals surface area contributed by atoms with Gasteiger partial charge >= 0.3 is 5.97 Å². The zero-order valence-corrected chi connectivity index (χ0v) is 9.60. The lowest BCUT2D eigenvalue weighted by Gasteiger charge is -2.33. The van der Waals surface area contributed by atoms with Crippen molar-refractivity contribution in [1.29, 1.82) is 0 Å². The fourth-order valence-electron chi connectivity index (χ4n) is 1.54. The number of methoxy groups -OCH3 is 1. The van der Waals surface area contributed by atoms with Crippen LogP contribution in [0.2, 0.25) is 0 Å². The van der Waals surface area contributed by atoms with Crippen molar-refractivity contribution in [3.05, 3.63) is 0 Å². The predicted molar refractivity (Wildman–Crippen MR) is 55.6 cm³/mol. The lowest BCUT2D eigenvalue weighted by atomic mass is 9.98. The molecule has 5 heteroatoms. The molecule has 0 amide bonds. The molecule has 1 N–H and O–H groups in total. The number of hydrogen-bond donors (Lipinski definition) is 1. The smallest absolute Gasteiger partial charge is 0.325 e. The fraction of sp³-hybridized carbons (Fsp3) is 0.889. The van der Waals surface area contributed by atoms with Crippen LogP contribution < -0.4 is 5.32 Å². The van der Waals surface area contributed by atoms with Crippen LogP contribution in [0.3, 0.4) is 0 Å². The highest BCUT2D eigenvalue weighted by molar-refractivity contribution is 5.85. The summed E-state index contributed by atoms with van der Waals surface area (Å²) in [6.45, 7) is 5.44. The molecule has 0 spiro atoms. The molecule has 0 saturated carbocycles. The number of esters is 1. The summed E-state index contributed by atoms with van der Waals surface area (Å²) in [5.41, 5.74) is 0. The molecule has 1 rings (SSSR count). The minimum atomic E-state index is -0.307. The lowest BCUT2D eigenvalue weighted by Crippen LogP contribution is -2.55. The minimum Gasteiger partial charge on any atom is -0.468 e. The first-order chi connectivity index (χ1) is 6.16. The number of ether oxygens (including phenoxy) is 2. The molecule has 14 heavy (non-hydrogen) atoms. The molecule has 1 fully saturated rings. The van der Waals surface area contributed by atoms with Crippen LogP contribution in [0.25, 0.3) is 0 Å². The number of rotatable bonds is 2. The van der Waals surface area contributed by atoms with E-state index in [0.29, 0.717) is 19.1 Å². The maximum Gasteiger partial charge on any atom is 0.325 e. The van der Waals surface area contributed by atoms with E-state index in [-0.39, 0.29) is 30.5 Å². The third-order valence-corrected chi connectivity index (χ3v) is 2.22. The van der Waals surface area contributed by atoms with Crippen LogP contribution in [0.4, 0.5) is 0 Å². The van der Waals surface area contributed by atoms with E-state index < -0.39 is 0 Å². The first-order valence-corrected chi connectivity index (χ1v) is 4.59. The SMILES string of the molecule is COC(=O)[C@@H]1NCCO[C@H]1C(C)C.Cl. The van der Waals surface area contributed by atoms with Crippen molar-refractivity contribution in [2.45, 2.75) is 26.0 Å². The summed E-state index contributed by atoms with van der Waals surface area (Å²) in [7, 11) is 1.40. The third-order valence-electron chi connectivity index (χ3n) is 2.22. The summed E-state index contributed by atoms with van der Waals surface area (Å²) in [6.07, 6.45) is -0.0683. The maximum absolute atomic E-state index is 11.3. The van der Waals surface area contributed by atoms with Crippen LogP contribution in [0.15, 0.2) is 0 Å². The highest BCUT2D eigenvalue weighted by atomic mass is 35.5. The highest BCUT2D eigenvalue weighted by Gasteiger charge is 2.34. The van der Waals surface area contributed by atoms with E-state index in [1.54, 1.807) is 0 Å². The van der Waals surface area contributed by atoms with Crippen LogP contribution in [-0.2, 0) is 14.3 Å². The van der Waals surface area contributed by atoms with Crippen LogP contribution in [0.1, 0.15) is 13.8 Å². The van der Waals surface area contributed by atoms with E-state index >= 15 is 0 Å². The lowest BCUT2D eigenvalue weighted by molar-refractivity contribution is -0.151. The summed E-state index contributed by atoms with van der Waals surface area (Å²) in [4.78, 5) is 11.3. The minimum absolute atomic E-state index is 0. The van der Waals surface area contributed by atoms with Gasteiger partial charge in [0.1, 0.15) is 6.04 Å². The molecule has 0 aliphatic carbocycles. The van der Waals surface area contributed by atoms with Crippen molar-refractivity contribution in [2.24, 2.45) is 5.92 Å². The molecule has 1 aliphatic heterocycles. The maximum atomic E-state index is 11.3. The van der Waals surface area contributed by atoms with Crippen LogP contribution in [0, 0.1) is 5.92 Å². The second-order valence-electron chi connectivity index (χ2n) is 3.53. The summed E-state index contributed by atoms with van der Waals surface area (Å²) in [5, 5.41) is 3.10. The van der Waals surface area contributed by atoms with E-state index in [2.05, 4.69) is 10.1 Å². The van der Waals surface area contributed by atoms with E-state index in [0.717, 1.165) is 0 Å². The van der Waals surface area contributed by atoms with Gasteiger partial charge in [-0.3, -0.25) is 10.1 Å². The molecular formula is C9H18ClNO3. The summed E-state index contributed by atoms with van der Waals surface area (Å²) in [5.74, 6) is 0.0790. The topological polar surface area (TPSA) is 47.6 Å². The first-order valence-electron chi connectivity index (χ1n) is 4.59. The van der Waals surface area contributed by atoms with Gasteiger partial charge in [-0.25, -0.2) is 0 Å². The summed E-state index contributed by atoms with van der Waals surface area (Å²) in [6, 6.07) is -0.307. The van der Waals surface area contributed by atoms with Crippen molar-refractivity contribution in [3.8, 4) is 0 Å². The number of carbonyl (C=O) groups excluding carboxylic acids is 1. The number of halogens is 1. The van der Waals surface area contributed by atoms with Gasteiger partial charge in [0, 0.05) is 6.54 Å². The monoisotopic (exact) mass is 223 g/mol. The third kappa shape index (κ3) is 3.12. The molecule has 0 bridgehead atoms. The van der Waals surface area contributed by atoms with Crippen molar-refractivity contribution in [1.82, 2.24) is 5.32 Å². The Morgan fingerprint density at radius 2 is 2.21 bits per heavy atom. The Labute approximate surface area is 90.7 Å². The molecule has 1 saturated heterocycles. The van der Waals surface area contributed by atoms with E-state index in [9.17, 15) is 4.79 Å². The van der Waals surface area contributed by atoms with Crippen molar-refractivity contribution >= 4 is 18.4 Å². The predicted octanol–water partition coefficient (Wildman–Crippen LogP) is 0.594. The number of carbonyl (C=O) groups is 1. The van der Waals surface area contributed by atoms with Crippen LogP contribution in [-0.4, -0.2) is 38.4 Å². The van der Waals surface area contributed by atoms with Crippen molar-refractivity contribution < 1.29 is 14.3 Å². The molecular weight excluding hydrogens is 206 g/mol. The quantitative estimate of drug-likeness (QED) is 0.697. The average Bonchev–Trinajstić information content (AvgIpc) is 2.16. The standard InChI is InChI=1S/C9H17NO3.ClH/c1-6(2)8-7(9(11)12-3)10-4-5-13-8;/h6-8,10H,4-5H2,1-3H3;1H/t7-,8+;/m1./s1. The Morgan fingerprint density at radius 1 is 1.57 bits per heavy atom. The molecule has 0 aromatic carbocycles. The second-order valence-corrected chi connectivity index (χ2v) is 3.53. The van der Waals surface area contributed by atoms with Gasteiger partial charge in [0.15, 0.2) is 0 Å². The Kier molecular flexibility index (Phi) is 6.08. The molecule has 4 nitrogen and oxygen atoms in total. The number of nitrogens with one attached hydrogen (secondary N) is 1. The molecule has 0 aromatic rings. The van der Waals surface area contributed by atoms with Gasteiger partial charge < -0.3 is 9.47 Å². The first kappa shape index (κ1) is 13.7. The number of hydrogen-bond acceptors (Lipinski definition) is 4. The number of morpholine rings is 1. The van der Waals surface area contributed by atoms with E-state index in [1.165, 1.54) is 7.11 Å². The zero-order chi connectivity index (χ0) is 9.84. The van der Waals surface area contributed by atoms with Gasteiger partial charge in [-0.2, -0.15) is 0 Å². The van der Waals surface area contributed by atoms with Gasteiger partial charge in [0.05, 0.1) is 19.8 Å². The molecule has 1 aliphatic rings. The molecule has 0 radical (unpaired) electrons. The van der Waals surface area contributed by atoms with Gasteiger partial charge in [-0.05, 0) is 5.92 Å². The normalized spacial score (nSPS) is 26.9. The largest absolute Gasteiger partial charge is 0.468 e. The molecule has 0 unspecified atom stereocenters. The Morgan fingerprint density at radius 3 is 2.71 bits per heavy atom. The fourth-order valence-corrected chi connectivity index (χ4v) is 1.54. The Hall–Kier alpha value is -0.320. The highest BCUT2D eigenvalue weighted by Crippen LogP contribution is 2.15. The molecule has 84 valence electrons. The van der Waals surface area contributed by atoms with Crippen LogP contribution >= 0.6 is 12.4 Å². The van der Waals surface area contributed by atoms with Crippen molar-refractivity contribution in [2.75, 3.05) is 20.3 Å². The van der Waals surface area contributed by atoms with Gasteiger partial charge in [0.2, 0.25) is 0 Å². The Balaban J connectivity index is 0.00000169. The van der Waals surface area contributed by atoms with Crippen molar-refractivity contribution in [3.63, 3.8) is 0 Å². The average molecular weight is 224 g/mol. The van der Waals surface area contributed by atoms with E-state index in [4.69, 9.17) is 4.74 Å². The van der Waals surface area contributed by atoms with E-state index in [1.807, 2.05) is 13.8 Å². The van der Waals surface area contributed by atoms with Gasteiger partial charge in [-0.1, -0.05) is 13.8 Å². The molecule has 0 aromatic heterocycles. The zero-order valence-electron chi connectivity index (χ0n) is 8.78.